The van der Waals surface area contributed by atoms with Crippen LogP contribution in [0.3, 0.4) is 0 Å². The second kappa shape index (κ2) is 6.43. The van der Waals surface area contributed by atoms with Crippen LogP contribution in [0.4, 0.5) is 0 Å². The molecule has 1 aliphatic carbocycles. The topological polar surface area (TPSA) is 26.3 Å². The smallest absolute Gasteiger partial charge is 0.312 e. The first-order valence-corrected chi connectivity index (χ1v) is 8.81. The Morgan fingerprint density at radius 2 is 1.62 bits per heavy atom. The number of benzene rings is 2. The number of carbonyl (C=O) groups excluding carboxylic acids is 1. The molecule has 24 heavy (non-hydrogen) atoms. The molecule has 1 unspecified atom stereocenters. The zero-order valence-corrected chi connectivity index (χ0v) is 14.8. The van der Waals surface area contributed by atoms with E-state index in [4.69, 9.17) is 4.74 Å². The van der Waals surface area contributed by atoms with Crippen molar-refractivity contribution in [1.82, 2.24) is 0 Å². The average molecular weight is 322 g/mol. The first-order valence-electron chi connectivity index (χ1n) is 8.81. The Balaban J connectivity index is 2.18. The lowest BCUT2D eigenvalue weighted by Crippen LogP contribution is -2.38. The predicted octanol–water partition coefficient (Wildman–Crippen LogP) is 5.25. The van der Waals surface area contributed by atoms with Gasteiger partial charge in [-0.15, -0.1) is 0 Å². The highest BCUT2D eigenvalue weighted by atomic mass is 16.6. The van der Waals surface area contributed by atoms with Crippen LogP contribution in [0, 0.1) is 5.41 Å². The summed E-state index contributed by atoms with van der Waals surface area (Å²) in [5.41, 5.74) is 2.30. The lowest BCUT2D eigenvalue weighted by Gasteiger charge is -2.37. The van der Waals surface area contributed by atoms with Crippen molar-refractivity contribution >= 4 is 5.97 Å². The van der Waals surface area contributed by atoms with Crippen LogP contribution in [-0.4, -0.2) is 5.97 Å². The normalized spacial score (nSPS) is 20.8. The lowest BCUT2D eigenvalue weighted by atomic mass is 9.81. The van der Waals surface area contributed by atoms with Crippen molar-refractivity contribution in [2.45, 2.75) is 52.1 Å². The van der Waals surface area contributed by atoms with Crippen LogP contribution in [0.2, 0.25) is 0 Å². The largest absolute Gasteiger partial charge is 0.449 e. The zero-order valence-electron chi connectivity index (χ0n) is 14.8. The molecule has 2 aromatic rings. The van der Waals surface area contributed by atoms with Gasteiger partial charge in [0.05, 0.1) is 5.41 Å². The van der Waals surface area contributed by atoms with Gasteiger partial charge in [-0.25, -0.2) is 0 Å². The van der Waals surface area contributed by atoms with E-state index in [1.54, 1.807) is 0 Å². The second-order valence-electron chi connectivity index (χ2n) is 7.70. The minimum absolute atomic E-state index is 0.150. The van der Waals surface area contributed by atoms with E-state index in [0.717, 1.165) is 36.8 Å². The summed E-state index contributed by atoms with van der Waals surface area (Å²) in [4.78, 5) is 12.8. The third kappa shape index (κ3) is 3.10. The summed E-state index contributed by atoms with van der Waals surface area (Å²) in [7, 11) is 0. The van der Waals surface area contributed by atoms with Gasteiger partial charge in [0, 0.05) is 11.1 Å². The van der Waals surface area contributed by atoms with E-state index in [2.05, 4.69) is 30.3 Å². The van der Waals surface area contributed by atoms with Crippen molar-refractivity contribution in [3.05, 3.63) is 71.3 Å². The molecular formula is C22H26O2. The molecule has 0 N–H and O–H groups in total. The molecule has 0 radical (unpaired) electrons. The Labute approximate surface area is 144 Å². The van der Waals surface area contributed by atoms with E-state index in [1.807, 2.05) is 45.0 Å². The summed E-state index contributed by atoms with van der Waals surface area (Å²) >= 11 is 0. The van der Waals surface area contributed by atoms with Gasteiger partial charge in [0.25, 0.3) is 0 Å². The second-order valence-corrected chi connectivity index (χ2v) is 7.70. The SMILES string of the molecule is CC(C)(C)C(=O)OC1(c2ccccc2)CCCCc2ccccc21. The molecule has 1 atom stereocenters. The summed E-state index contributed by atoms with van der Waals surface area (Å²) in [6.45, 7) is 5.74. The summed E-state index contributed by atoms with van der Waals surface area (Å²) in [5, 5.41) is 0. The minimum atomic E-state index is -0.682. The van der Waals surface area contributed by atoms with E-state index in [0.29, 0.717) is 0 Å². The van der Waals surface area contributed by atoms with Gasteiger partial charge in [0.2, 0.25) is 0 Å². The standard InChI is InChI=1S/C22H26O2/c1-21(2,3)20(23)24-22(18-13-5-4-6-14-18)16-10-9-12-17-11-7-8-15-19(17)22/h4-8,11,13-15H,9-10,12,16H2,1-3H3. The van der Waals surface area contributed by atoms with Crippen LogP contribution in [0.25, 0.3) is 0 Å². The van der Waals surface area contributed by atoms with Crippen molar-refractivity contribution in [2.75, 3.05) is 0 Å². The molecule has 2 aromatic carbocycles. The summed E-state index contributed by atoms with van der Waals surface area (Å²) in [6.07, 6.45) is 4.04. The minimum Gasteiger partial charge on any atom is -0.449 e. The highest BCUT2D eigenvalue weighted by Crippen LogP contribution is 2.43. The molecule has 0 spiro atoms. The van der Waals surface area contributed by atoms with Gasteiger partial charge in [0.15, 0.2) is 5.60 Å². The van der Waals surface area contributed by atoms with Crippen molar-refractivity contribution in [1.29, 1.82) is 0 Å². The van der Waals surface area contributed by atoms with Gasteiger partial charge in [-0.1, -0.05) is 54.6 Å². The average Bonchev–Trinajstić information content (AvgIpc) is 2.76. The fraction of sp³-hybridized carbons (Fsp3) is 0.409. The van der Waals surface area contributed by atoms with Crippen LogP contribution < -0.4 is 0 Å². The molecule has 0 heterocycles. The number of esters is 1. The Morgan fingerprint density at radius 1 is 0.958 bits per heavy atom. The lowest BCUT2D eigenvalue weighted by molar-refractivity contribution is -0.167. The quantitative estimate of drug-likeness (QED) is 0.558. The number of carbonyl (C=O) groups is 1. The third-order valence-corrected chi connectivity index (χ3v) is 4.80. The van der Waals surface area contributed by atoms with Crippen LogP contribution in [0.5, 0.6) is 0 Å². The molecule has 0 saturated heterocycles. The Morgan fingerprint density at radius 3 is 2.33 bits per heavy atom. The first kappa shape index (κ1) is 16.8. The van der Waals surface area contributed by atoms with E-state index in [9.17, 15) is 4.79 Å². The zero-order chi connectivity index (χ0) is 17.2. The van der Waals surface area contributed by atoms with Gasteiger partial charge < -0.3 is 4.74 Å². The fourth-order valence-electron chi connectivity index (χ4n) is 3.44. The van der Waals surface area contributed by atoms with E-state index < -0.39 is 11.0 Å². The highest BCUT2D eigenvalue weighted by molar-refractivity contribution is 5.76. The van der Waals surface area contributed by atoms with Gasteiger partial charge in [-0.3, -0.25) is 4.79 Å². The number of rotatable bonds is 2. The van der Waals surface area contributed by atoms with Crippen molar-refractivity contribution in [3.63, 3.8) is 0 Å². The summed E-state index contributed by atoms with van der Waals surface area (Å²) < 4.78 is 6.30. The highest BCUT2D eigenvalue weighted by Gasteiger charge is 2.42. The van der Waals surface area contributed by atoms with Gasteiger partial charge in [0.1, 0.15) is 0 Å². The molecule has 2 nitrogen and oxygen atoms in total. The maximum Gasteiger partial charge on any atom is 0.312 e. The van der Waals surface area contributed by atoms with Gasteiger partial charge in [-0.2, -0.15) is 0 Å². The molecule has 0 bridgehead atoms. The van der Waals surface area contributed by atoms with Crippen molar-refractivity contribution < 1.29 is 9.53 Å². The van der Waals surface area contributed by atoms with E-state index in [1.165, 1.54) is 5.56 Å². The Hall–Kier alpha value is -2.09. The maximum atomic E-state index is 12.8. The van der Waals surface area contributed by atoms with Gasteiger partial charge >= 0.3 is 5.97 Å². The third-order valence-electron chi connectivity index (χ3n) is 4.80. The van der Waals surface area contributed by atoms with Crippen LogP contribution in [0.1, 0.15) is 56.7 Å². The van der Waals surface area contributed by atoms with Crippen LogP contribution in [-0.2, 0) is 21.6 Å². The fourth-order valence-corrected chi connectivity index (χ4v) is 3.44. The molecule has 0 amide bonds. The summed E-state index contributed by atoms with van der Waals surface area (Å²) in [5.74, 6) is -0.150. The molecule has 0 fully saturated rings. The van der Waals surface area contributed by atoms with Crippen LogP contribution >= 0.6 is 0 Å². The molecule has 1 aliphatic rings. The van der Waals surface area contributed by atoms with E-state index >= 15 is 0 Å². The number of ether oxygens (including phenoxy) is 1. The molecule has 0 aliphatic heterocycles. The van der Waals surface area contributed by atoms with Gasteiger partial charge in [-0.05, 0) is 52.0 Å². The predicted molar refractivity (Wildman–Crippen MR) is 96.8 cm³/mol. The molecule has 126 valence electrons. The maximum absolute atomic E-state index is 12.8. The molecular weight excluding hydrogens is 296 g/mol. The summed E-state index contributed by atoms with van der Waals surface area (Å²) in [6, 6.07) is 18.6. The molecule has 0 aromatic heterocycles. The number of hydrogen-bond donors (Lipinski definition) is 0. The van der Waals surface area contributed by atoms with E-state index in [-0.39, 0.29) is 5.97 Å². The van der Waals surface area contributed by atoms with Crippen molar-refractivity contribution in [2.24, 2.45) is 5.41 Å². The van der Waals surface area contributed by atoms with Crippen LogP contribution in [0.15, 0.2) is 54.6 Å². The molecule has 0 saturated carbocycles. The number of hydrogen-bond acceptors (Lipinski definition) is 2. The molecule has 3 rings (SSSR count). The Bertz CT molecular complexity index is 712. The number of aryl methyl sites for hydroxylation is 1. The van der Waals surface area contributed by atoms with Crippen molar-refractivity contribution in [3.8, 4) is 0 Å². The molecule has 2 heteroatoms. The number of fused-ring (bicyclic) bond motifs is 1. The monoisotopic (exact) mass is 322 g/mol. The Kier molecular flexibility index (Phi) is 4.49. The first-order chi connectivity index (χ1) is 11.4.